The third kappa shape index (κ3) is 3.72. The maximum Gasteiger partial charge on any atom is 0.302 e. The zero-order chi connectivity index (χ0) is 22.8. The fourth-order valence-corrected chi connectivity index (χ4v) is 6.52. The van der Waals surface area contributed by atoms with Gasteiger partial charge >= 0.3 is 11.9 Å². The maximum absolute atomic E-state index is 12.0. The summed E-state index contributed by atoms with van der Waals surface area (Å²) in [5, 5.41) is 11.0. The minimum Gasteiger partial charge on any atom is -0.463 e. The average Bonchev–Trinajstić information content (AvgIpc) is 3.49. The molecule has 2 aliphatic heterocycles. The van der Waals surface area contributed by atoms with Crippen LogP contribution < -0.4 is 0 Å². The Morgan fingerprint density at radius 2 is 1.90 bits per heavy atom. The van der Waals surface area contributed by atoms with Gasteiger partial charge in [0.2, 0.25) is 0 Å². The maximum atomic E-state index is 12.0. The lowest BCUT2D eigenvalue weighted by Gasteiger charge is -2.41. The highest BCUT2D eigenvalue weighted by molar-refractivity contribution is 5.66. The van der Waals surface area contributed by atoms with Crippen molar-refractivity contribution in [3.05, 3.63) is 12.2 Å². The van der Waals surface area contributed by atoms with Crippen LogP contribution in [0.4, 0.5) is 0 Å². The SMILES string of the molecule is C=C1CC[C@@H]2O[C@]2(COC(C)=O)C[C@H]2O[C@]23[C@H](C(C)(C)O)CC[C@@]3(C)[C@@H](OC(C)=O)C1. The minimum absolute atomic E-state index is 0.0247. The normalized spacial score (nSPS) is 44.3. The standard InChI is InChI=1S/C24H36O7/c1-14-7-8-18-23(30-18,13-28-15(2)25)12-20-24(31-20)17(21(4,5)27)9-10-22(24,6)19(11-14)29-16(3)26/h17-20,27H,1,7-13H2,2-6H3/t17-,18-,19-,20+,22-,23-,24+/m0/s1. The Kier molecular flexibility index (Phi) is 5.35. The number of aliphatic hydroxyl groups is 1. The van der Waals surface area contributed by atoms with E-state index < -0.39 is 22.2 Å². The van der Waals surface area contributed by atoms with Crippen molar-refractivity contribution in [2.45, 2.75) is 108 Å². The van der Waals surface area contributed by atoms with Crippen LogP contribution in [0.15, 0.2) is 12.2 Å². The first-order valence-electron chi connectivity index (χ1n) is 11.4. The lowest BCUT2D eigenvalue weighted by atomic mass is 9.65. The molecule has 2 saturated carbocycles. The van der Waals surface area contributed by atoms with Gasteiger partial charge in [-0.1, -0.05) is 19.1 Å². The van der Waals surface area contributed by atoms with Crippen molar-refractivity contribution < 1.29 is 33.6 Å². The Bertz CT molecular complexity index is 785. The quantitative estimate of drug-likeness (QED) is 0.411. The number of hydrogen-bond donors (Lipinski definition) is 1. The van der Waals surface area contributed by atoms with Crippen LogP contribution in [-0.2, 0) is 28.5 Å². The number of hydrogen-bond acceptors (Lipinski definition) is 7. The van der Waals surface area contributed by atoms with Crippen molar-refractivity contribution >= 4 is 11.9 Å². The molecule has 4 fully saturated rings. The number of carbonyl (C=O) groups is 2. The summed E-state index contributed by atoms with van der Waals surface area (Å²) in [6.45, 7) is 13.1. The molecule has 174 valence electrons. The Hall–Kier alpha value is -1.44. The zero-order valence-corrected chi connectivity index (χ0v) is 19.4. The summed E-state index contributed by atoms with van der Waals surface area (Å²) in [6, 6.07) is 0. The topological polar surface area (TPSA) is 97.9 Å². The van der Waals surface area contributed by atoms with Crippen molar-refractivity contribution in [2.24, 2.45) is 11.3 Å². The second-order valence-electron chi connectivity index (χ2n) is 10.8. The molecule has 31 heavy (non-hydrogen) atoms. The first-order valence-corrected chi connectivity index (χ1v) is 11.4. The van der Waals surface area contributed by atoms with E-state index in [0.29, 0.717) is 12.8 Å². The highest BCUT2D eigenvalue weighted by Crippen LogP contribution is 2.70. The molecule has 2 aliphatic carbocycles. The van der Waals surface area contributed by atoms with Crippen LogP contribution in [0.25, 0.3) is 0 Å². The number of fused-ring (bicyclic) bond motifs is 1. The van der Waals surface area contributed by atoms with Crippen molar-refractivity contribution in [3.8, 4) is 0 Å². The molecule has 4 rings (SSSR count). The van der Waals surface area contributed by atoms with E-state index in [1.54, 1.807) is 0 Å². The van der Waals surface area contributed by atoms with E-state index in [4.69, 9.17) is 18.9 Å². The molecule has 0 radical (unpaired) electrons. The summed E-state index contributed by atoms with van der Waals surface area (Å²) in [7, 11) is 0. The number of carbonyl (C=O) groups excluding carboxylic acids is 2. The average molecular weight is 437 g/mol. The van der Waals surface area contributed by atoms with E-state index >= 15 is 0 Å². The van der Waals surface area contributed by atoms with Crippen molar-refractivity contribution in [2.75, 3.05) is 6.61 Å². The van der Waals surface area contributed by atoms with Crippen LogP contribution in [0.2, 0.25) is 0 Å². The largest absolute Gasteiger partial charge is 0.463 e. The van der Waals surface area contributed by atoms with Gasteiger partial charge in [0.1, 0.15) is 23.9 Å². The van der Waals surface area contributed by atoms with Gasteiger partial charge in [-0.25, -0.2) is 0 Å². The van der Waals surface area contributed by atoms with E-state index in [9.17, 15) is 14.7 Å². The molecule has 0 aromatic heterocycles. The Labute approximate surface area is 184 Å². The molecule has 1 N–H and O–H groups in total. The lowest BCUT2D eigenvalue weighted by molar-refractivity contribution is -0.157. The van der Waals surface area contributed by atoms with Crippen molar-refractivity contribution in [1.29, 1.82) is 0 Å². The van der Waals surface area contributed by atoms with Crippen LogP contribution >= 0.6 is 0 Å². The Morgan fingerprint density at radius 3 is 2.52 bits per heavy atom. The number of esters is 2. The van der Waals surface area contributed by atoms with Gasteiger partial charge in [0.15, 0.2) is 0 Å². The molecule has 7 atom stereocenters. The summed E-state index contributed by atoms with van der Waals surface area (Å²) in [4.78, 5) is 23.5. The van der Waals surface area contributed by atoms with Crippen molar-refractivity contribution in [3.63, 3.8) is 0 Å². The number of rotatable bonds is 4. The van der Waals surface area contributed by atoms with Gasteiger partial charge in [0, 0.05) is 38.0 Å². The first-order chi connectivity index (χ1) is 14.3. The Morgan fingerprint density at radius 1 is 1.19 bits per heavy atom. The van der Waals surface area contributed by atoms with Gasteiger partial charge < -0.3 is 24.1 Å². The molecule has 0 unspecified atom stereocenters. The molecule has 0 bridgehead atoms. The number of epoxide rings is 2. The first kappa shape index (κ1) is 22.7. The van der Waals surface area contributed by atoms with E-state index in [0.717, 1.165) is 31.3 Å². The summed E-state index contributed by atoms with van der Waals surface area (Å²) in [5.74, 6) is -0.751. The molecule has 2 saturated heterocycles. The van der Waals surface area contributed by atoms with Crippen LogP contribution in [-0.4, -0.2) is 58.8 Å². The molecule has 1 spiro atoms. The molecule has 0 amide bonds. The van der Waals surface area contributed by atoms with Gasteiger partial charge in [-0.05, 0) is 39.5 Å². The second-order valence-corrected chi connectivity index (χ2v) is 10.8. The molecular weight excluding hydrogens is 400 g/mol. The summed E-state index contributed by atoms with van der Waals surface area (Å²) >= 11 is 0. The van der Waals surface area contributed by atoms with Crippen molar-refractivity contribution in [1.82, 2.24) is 0 Å². The van der Waals surface area contributed by atoms with E-state index in [1.807, 2.05) is 13.8 Å². The van der Waals surface area contributed by atoms with Crippen LogP contribution in [0, 0.1) is 11.3 Å². The molecule has 4 aliphatic rings. The monoisotopic (exact) mass is 436 g/mol. The summed E-state index contributed by atoms with van der Waals surface area (Å²) in [5.41, 5.74) is -1.60. The Balaban J connectivity index is 1.72. The van der Waals surface area contributed by atoms with Crippen LogP contribution in [0.5, 0.6) is 0 Å². The highest BCUT2D eigenvalue weighted by atomic mass is 16.7. The predicted molar refractivity (Wildman–Crippen MR) is 112 cm³/mol. The highest BCUT2D eigenvalue weighted by Gasteiger charge is 2.79. The molecule has 7 nitrogen and oxygen atoms in total. The fraction of sp³-hybridized carbons (Fsp3) is 0.833. The molecular formula is C24H36O7. The molecule has 0 aromatic carbocycles. The van der Waals surface area contributed by atoms with Gasteiger partial charge in [-0.3, -0.25) is 9.59 Å². The molecule has 2 heterocycles. The third-order valence-corrected chi connectivity index (χ3v) is 8.18. The summed E-state index contributed by atoms with van der Waals surface area (Å²) < 4.78 is 23.9. The van der Waals surface area contributed by atoms with Gasteiger partial charge in [-0.2, -0.15) is 0 Å². The molecule has 0 aromatic rings. The number of ether oxygens (including phenoxy) is 4. The van der Waals surface area contributed by atoms with E-state index in [1.165, 1.54) is 13.8 Å². The predicted octanol–water partition coefficient (Wildman–Crippen LogP) is 3.07. The van der Waals surface area contributed by atoms with Crippen LogP contribution in [0.1, 0.15) is 73.1 Å². The van der Waals surface area contributed by atoms with E-state index in [2.05, 4.69) is 13.5 Å². The summed E-state index contributed by atoms with van der Waals surface area (Å²) in [6.07, 6.45) is 3.70. The second kappa shape index (κ2) is 7.29. The zero-order valence-electron chi connectivity index (χ0n) is 19.4. The van der Waals surface area contributed by atoms with Gasteiger partial charge in [0.05, 0.1) is 17.8 Å². The van der Waals surface area contributed by atoms with E-state index in [-0.39, 0.29) is 42.8 Å². The fourth-order valence-electron chi connectivity index (χ4n) is 6.52. The lowest BCUT2D eigenvalue weighted by Crippen LogP contribution is -2.52. The smallest absolute Gasteiger partial charge is 0.302 e. The third-order valence-electron chi connectivity index (χ3n) is 8.18. The van der Waals surface area contributed by atoms with Gasteiger partial charge in [0.25, 0.3) is 0 Å². The molecule has 7 heteroatoms. The minimum atomic E-state index is -0.947. The van der Waals surface area contributed by atoms with Gasteiger partial charge in [-0.15, -0.1) is 0 Å². The van der Waals surface area contributed by atoms with Crippen LogP contribution in [0.3, 0.4) is 0 Å².